The number of benzene rings is 1. The average Bonchev–Trinajstić information content (AvgIpc) is 3.28. The topological polar surface area (TPSA) is 58.4 Å². The van der Waals surface area contributed by atoms with Gasteiger partial charge in [0.25, 0.3) is 5.91 Å². The zero-order valence-electron chi connectivity index (χ0n) is 14.9. The Morgan fingerprint density at radius 2 is 1.92 bits per heavy atom. The van der Waals surface area contributed by atoms with Crippen LogP contribution in [0.1, 0.15) is 34.6 Å². The van der Waals surface area contributed by atoms with E-state index in [-0.39, 0.29) is 24.2 Å². The van der Waals surface area contributed by atoms with Crippen LogP contribution in [-0.4, -0.2) is 51.2 Å². The van der Waals surface area contributed by atoms with Gasteiger partial charge in [-0.15, -0.1) is 0 Å². The van der Waals surface area contributed by atoms with Gasteiger partial charge in [0.2, 0.25) is 5.91 Å². The Morgan fingerprint density at radius 1 is 1.23 bits per heavy atom. The van der Waals surface area contributed by atoms with Crippen LogP contribution < -0.4 is 0 Å². The minimum atomic E-state index is -0.321. The fourth-order valence-corrected chi connectivity index (χ4v) is 3.45. The maximum atomic E-state index is 13.2. The normalized spacial score (nSPS) is 17.3. The summed E-state index contributed by atoms with van der Waals surface area (Å²) in [5.41, 5.74) is 2.49. The molecule has 2 fully saturated rings. The summed E-state index contributed by atoms with van der Waals surface area (Å²) in [6, 6.07) is 5.98. The number of halogens is 1. The van der Waals surface area contributed by atoms with Crippen molar-refractivity contribution in [2.45, 2.75) is 26.7 Å². The fourth-order valence-electron chi connectivity index (χ4n) is 3.45. The standard InChI is InChI=1S/C19H21FN4O2/c1-12-18(13(2)24(21-12)16-7-5-15(20)6-8-16)19(26)23-10-17(25)22(11-23)9-14-3-4-14/h5-8,14H,3-4,9-11H2,1-2H3. The average molecular weight is 356 g/mol. The van der Waals surface area contributed by atoms with Crippen LogP contribution >= 0.6 is 0 Å². The Kier molecular flexibility index (Phi) is 4.01. The van der Waals surface area contributed by atoms with E-state index in [4.69, 9.17) is 0 Å². The smallest absolute Gasteiger partial charge is 0.259 e. The van der Waals surface area contributed by atoms with E-state index < -0.39 is 0 Å². The number of rotatable bonds is 4. The second-order valence-corrected chi connectivity index (χ2v) is 7.14. The van der Waals surface area contributed by atoms with E-state index in [9.17, 15) is 14.0 Å². The van der Waals surface area contributed by atoms with E-state index in [0.717, 1.165) is 6.54 Å². The van der Waals surface area contributed by atoms with Crippen molar-refractivity contribution in [3.63, 3.8) is 0 Å². The highest BCUT2D eigenvalue weighted by molar-refractivity contribution is 5.99. The SMILES string of the molecule is Cc1nn(-c2ccc(F)cc2)c(C)c1C(=O)N1CC(=O)N(CC2CC2)C1. The summed E-state index contributed by atoms with van der Waals surface area (Å²) >= 11 is 0. The summed E-state index contributed by atoms with van der Waals surface area (Å²) in [7, 11) is 0. The van der Waals surface area contributed by atoms with Crippen LogP contribution in [0.4, 0.5) is 4.39 Å². The van der Waals surface area contributed by atoms with Crippen molar-refractivity contribution < 1.29 is 14.0 Å². The third kappa shape index (κ3) is 2.98. The van der Waals surface area contributed by atoms with Gasteiger partial charge in [-0.2, -0.15) is 5.10 Å². The quantitative estimate of drug-likeness (QED) is 0.844. The number of hydrogen-bond acceptors (Lipinski definition) is 3. The van der Waals surface area contributed by atoms with Gasteiger partial charge >= 0.3 is 0 Å². The summed E-state index contributed by atoms with van der Waals surface area (Å²) in [5.74, 6) is 0.100. The van der Waals surface area contributed by atoms with Crippen molar-refractivity contribution >= 4 is 11.8 Å². The van der Waals surface area contributed by atoms with E-state index in [2.05, 4.69) is 5.10 Å². The van der Waals surface area contributed by atoms with Gasteiger partial charge in [0.15, 0.2) is 0 Å². The first-order valence-electron chi connectivity index (χ1n) is 8.83. The molecule has 1 saturated heterocycles. The second-order valence-electron chi connectivity index (χ2n) is 7.14. The number of aromatic nitrogens is 2. The molecule has 0 spiro atoms. The molecule has 0 unspecified atom stereocenters. The molecular formula is C19H21FN4O2. The molecule has 2 aromatic rings. The number of hydrogen-bond donors (Lipinski definition) is 0. The fraction of sp³-hybridized carbons (Fsp3) is 0.421. The lowest BCUT2D eigenvalue weighted by Crippen LogP contribution is -2.32. The van der Waals surface area contributed by atoms with Gasteiger partial charge in [0, 0.05) is 6.54 Å². The van der Waals surface area contributed by atoms with Gasteiger partial charge < -0.3 is 9.80 Å². The van der Waals surface area contributed by atoms with Crippen molar-refractivity contribution in [3.05, 3.63) is 47.0 Å². The van der Waals surface area contributed by atoms with Gasteiger partial charge in [0.05, 0.1) is 29.3 Å². The number of amides is 2. The second kappa shape index (κ2) is 6.23. The van der Waals surface area contributed by atoms with E-state index in [0.29, 0.717) is 35.2 Å². The Bertz CT molecular complexity index is 870. The zero-order chi connectivity index (χ0) is 18.4. The third-order valence-electron chi connectivity index (χ3n) is 5.06. The van der Waals surface area contributed by atoms with E-state index in [1.54, 1.807) is 33.5 Å². The van der Waals surface area contributed by atoms with Crippen molar-refractivity contribution in [2.24, 2.45) is 5.92 Å². The van der Waals surface area contributed by atoms with Crippen molar-refractivity contribution in [1.82, 2.24) is 19.6 Å². The summed E-state index contributed by atoms with van der Waals surface area (Å²) < 4.78 is 14.8. The van der Waals surface area contributed by atoms with Gasteiger partial charge in [-0.25, -0.2) is 9.07 Å². The van der Waals surface area contributed by atoms with Crippen molar-refractivity contribution in [2.75, 3.05) is 19.8 Å². The molecule has 1 aliphatic heterocycles. The molecule has 0 N–H and O–H groups in total. The maximum absolute atomic E-state index is 13.2. The Morgan fingerprint density at radius 3 is 2.58 bits per heavy atom. The molecule has 1 saturated carbocycles. The zero-order valence-corrected chi connectivity index (χ0v) is 14.9. The largest absolute Gasteiger partial charge is 0.323 e. The van der Waals surface area contributed by atoms with Crippen LogP contribution in [-0.2, 0) is 4.79 Å². The lowest BCUT2D eigenvalue weighted by atomic mass is 10.1. The molecule has 2 aliphatic rings. The predicted octanol–water partition coefficient (Wildman–Crippen LogP) is 2.28. The monoisotopic (exact) mass is 356 g/mol. The number of carbonyl (C=O) groups is 2. The van der Waals surface area contributed by atoms with E-state index in [1.165, 1.54) is 25.0 Å². The highest BCUT2D eigenvalue weighted by Crippen LogP contribution is 2.31. The first kappa shape index (κ1) is 16.8. The van der Waals surface area contributed by atoms with Crippen molar-refractivity contribution in [1.29, 1.82) is 0 Å². The van der Waals surface area contributed by atoms with E-state index in [1.807, 2.05) is 6.92 Å². The van der Waals surface area contributed by atoms with Crippen LogP contribution in [0.2, 0.25) is 0 Å². The molecule has 26 heavy (non-hydrogen) atoms. The highest BCUT2D eigenvalue weighted by Gasteiger charge is 2.36. The third-order valence-corrected chi connectivity index (χ3v) is 5.06. The summed E-state index contributed by atoms with van der Waals surface area (Å²) in [6.45, 7) is 4.80. The summed E-state index contributed by atoms with van der Waals surface area (Å²) in [5, 5.41) is 4.45. The lowest BCUT2D eigenvalue weighted by Gasteiger charge is -2.18. The molecule has 1 aromatic heterocycles. The number of nitrogens with zero attached hydrogens (tertiary/aromatic N) is 4. The Hall–Kier alpha value is -2.70. The molecule has 7 heteroatoms. The first-order chi connectivity index (χ1) is 12.4. The molecule has 0 atom stereocenters. The number of aryl methyl sites for hydroxylation is 1. The first-order valence-corrected chi connectivity index (χ1v) is 8.83. The molecule has 4 rings (SSSR count). The van der Waals surface area contributed by atoms with Crippen LogP contribution in [0.25, 0.3) is 5.69 Å². The van der Waals surface area contributed by atoms with Crippen LogP contribution in [0.5, 0.6) is 0 Å². The molecule has 2 heterocycles. The molecule has 1 aromatic carbocycles. The van der Waals surface area contributed by atoms with Gasteiger partial charge in [0.1, 0.15) is 12.4 Å². The highest BCUT2D eigenvalue weighted by atomic mass is 19.1. The summed E-state index contributed by atoms with van der Waals surface area (Å²) in [4.78, 5) is 28.6. The molecule has 0 bridgehead atoms. The number of carbonyl (C=O) groups excluding carboxylic acids is 2. The molecule has 1 aliphatic carbocycles. The minimum Gasteiger partial charge on any atom is -0.323 e. The van der Waals surface area contributed by atoms with E-state index >= 15 is 0 Å². The Labute approximate surface area is 151 Å². The van der Waals surface area contributed by atoms with Crippen molar-refractivity contribution in [3.8, 4) is 5.69 Å². The van der Waals surface area contributed by atoms with Gasteiger partial charge in [-0.1, -0.05) is 0 Å². The molecule has 2 amide bonds. The lowest BCUT2D eigenvalue weighted by molar-refractivity contribution is -0.126. The summed E-state index contributed by atoms with van der Waals surface area (Å²) in [6.07, 6.45) is 2.33. The van der Waals surface area contributed by atoms with Gasteiger partial charge in [-0.3, -0.25) is 9.59 Å². The van der Waals surface area contributed by atoms with Crippen LogP contribution in [0.15, 0.2) is 24.3 Å². The molecule has 6 nitrogen and oxygen atoms in total. The molecule has 0 radical (unpaired) electrons. The predicted molar refractivity (Wildman–Crippen MR) is 93.3 cm³/mol. The minimum absolute atomic E-state index is 0.00600. The van der Waals surface area contributed by atoms with Gasteiger partial charge in [-0.05, 0) is 56.9 Å². The maximum Gasteiger partial charge on any atom is 0.259 e. The molecular weight excluding hydrogens is 335 g/mol. The van der Waals surface area contributed by atoms with Crippen LogP contribution in [0.3, 0.4) is 0 Å². The molecule has 136 valence electrons. The van der Waals surface area contributed by atoms with Crippen LogP contribution in [0, 0.1) is 25.6 Å². The Balaban J connectivity index is 1.58.